The Morgan fingerprint density at radius 2 is 1.94 bits per heavy atom. The first-order chi connectivity index (χ1) is 8.50. The van der Waals surface area contributed by atoms with Crippen LogP contribution in [0.4, 0.5) is 5.82 Å². The summed E-state index contributed by atoms with van der Waals surface area (Å²) in [5.74, 6) is 1.91. The van der Waals surface area contributed by atoms with E-state index in [4.69, 9.17) is 11.1 Å². The van der Waals surface area contributed by atoms with Gasteiger partial charge in [0.05, 0.1) is 11.3 Å². The van der Waals surface area contributed by atoms with Gasteiger partial charge in [0.2, 0.25) is 0 Å². The Morgan fingerprint density at radius 1 is 1.33 bits per heavy atom. The second-order valence-corrected chi connectivity index (χ2v) is 6.05. The van der Waals surface area contributed by atoms with E-state index in [1.165, 1.54) is 0 Å². The Hall–Kier alpha value is -1.50. The number of hydrogen-bond acceptors (Lipinski definition) is 5. The number of nitrogen functional groups attached to an aromatic ring is 1. The van der Waals surface area contributed by atoms with Crippen molar-refractivity contribution in [3.05, 3.63) is 16.8 Å². The highest BCUT2D eigenvalue weighted by Crippen LogP contribution is 2.22. The maximum atomic E-state index is 11.4. The van der Waals surface area contributed by atoms with Crippen molar-refractivity contribution in [2.75, 3.05) is 29.5 Å². The molecular formula is C11H17N5OS. The molecule has 1 aromatic rings. The summed E-state index contributed by atoms with van der Waals surface area (Å²) >= 11 is 0. The molecule has 1 aliphatic heterocycles. The van der Waals surface area contributed by atoms with Crippen molar-refractivity contribution in [1.82, 2.24) is 10.2 Å². The second kappa shape index (κ2) is 5.01. The molecule has 6 nitrogen and oxygen atoms in total. The lowest BCUT2D eigenvalue weighted by molar-refractivity contribution is 0.671. The number of aryl methyl sites for hydroxylation is 1. The van der Waals surface area contributed by atoms with E-state index in [0.717, 1.165) is 11.3 Å². The fraction of sp³-hybridized carbons (Fsp3) is 0.545. The van der Waals surface area contributed by atoms with E-state index in [9.17, 15) is 4.21 Å². The molecule has 0 aliphatic carbocycles. The Bertz CT molecular complexity index is 506. The lowest BCUT2D eigenvalue weighted by Crippen LogP contribution is -2.40. The van der Waals surface area contributed by atoms with Crippen LogP contribution < -0.4 is 10.6 Å². The number of amidine groups is 1. The molecule has 18 heavy (non-hydrogen) atoms. The summed E-state index contributed by atoms with van der Waals surface area (Å²) in [6, 6.07) is 0. The third-order valence-corrected chi connectivity index (χ3v) is 4.46. The molecule has 98 valence electrons. The number of rotatable bonds is 2. The summed E-state index contributed by atoms with van der Waals surface area (Å²) in [5, 5.41) is 16.0. The first-order valence-electron chi connectivity index (χ1n) is 5.79. The Kier molecular flexibility index (Phi) is 3.60. The minimum Gasteiger partial charge on any atom is -0.384 e. The number of aromatic nitrogens is 2. The molecule has 2 rings (SSSR count). The number of nitrogens with one attached hydrogen (secondary N) is 1. The third kappa shape index (κ3) is 2.35. The molecule has 1 aromatic heterocycles. The van der Waals surface area contributed by atoms with Crippen molar-refractivity contribution in [3.63, 3.8) is 0 Å². The van der Waals surface area contributed by atoms with Crippen LogP contribution in [0.25, 0.3) is 0 Å². The molecular weight excluding hydrogens is 250 g/mol. The zero-order chi connectivity index (χ0) is 13.3. The van der Waals surface area contributed by atoms with Gasteiger partial charge in [-0.25, -0.2) is 0 Å². The van der Waals surface area contributed by atoms with Crippen molar-refractivity contribution >= 4 is 22.5 Å². The zero-order valence-corrected chi connectivity index (χ0v) is 11.4. The maximum Gasteiger partial charge on any atom is 0.162 e. The van der Waals surface area contributed by atoms with Gasteiger partial charge < -0.3 is 10.6 Å². The standard InChI is InChI=1S/C11H17N5OS/c1-7-8(2)14-15-11(9(7)10(12)13)16-3-5-18(17)6-4-16/h3-6H2,1-2H3,(H3,12,13). The van der Waals surface area contributed by atoms with Gasteiger partial charge in [-0.3, -0.25) is 9.62 Å². The minimum atomic E-state index is -0.737. The molecule has 2 heterocycles. The highest BCUT2D eigenvalue weighted by Gasteiger charge is 2.22. The van der Waals surface area contributed by atoms with Crippen LogP contribution in [0.1, 0.15) is 16.8 Å². The van der Waals surface area contributed by atoms with Crippen LogP contribution in [-0.2, 0) is 10.8 Å². The summed E-state index contributed by atoms with van der Waals surface area (Å²) in [7, 11) is -0.737. The number of hydrogen-bond donors (Lipinski definition) is 2. The van der Waals surface area contributed by atoms with E-state index in [1.807, 2.05) is 18.7 Å². The first kappa shape index (κ1) is 12.9. The SMILES string of the molecule is Cc1nnc(N2CCS(=O)CC2)c(C(=N)N)c1C. The van der Waals surface area contributed by atoms with Crippen LogP contribution in [-0.4, -0.2) is 44.8 Å². The molecule has 0 saturated carbocycles. The third-order valence-electron chi connectivity index (χ3n) is 3.18. The van der Waals surface area contributed by atoms with Crippen LogP contribution in [0.2, 0.25) is 0 Å². The molecule has 0 bridgehead atoms. The van der Waals surface area contributed by atoms with Crippen molar-refractivity contribution < 1.29 is 4.21 Å². The lowest BCUT2D eigenvalue weighted by Gasteiger charge is -2.29. The average Bonchev–Trinajstić information content (AvgIpc) is 2.33. The van der Waals surface area contributed by atoms with Gasteiger partial charge in [-0.05, 0) is 19.4 Å². The van der Waals surface area contributed by atoms with Crippen LogP contribution in [0.15, 0.2) is 0 Å². The van der Waals surface area contributed by atoms with Gasteiger partial charge in [-0.2, -0.15) is 5.10 Å². The molecule has 0 atom stereocenters. The summed E-state index contributed by atoms with van der Waals surface area (Å²) in [4.78, 5) is 2.01. The lowest BCUT2D eigenvalue weighted by atomic mass is 10.1. The fourth-order valence-electron chi connectivity index (χ4n) is 1.99. The van der Waals surface area contributed by atoms with Crippen molar-refractivity contribution in [1.29, 1.82) is 5.41 Å². The van der Waals surface area contributed by atoms with Crippen molar-refractivity contribution in [2.24, 2.45) is 5.73 Å². The molecule has 1 saturated heterocycles. The first-order valence-corrected chi connectivity index (χ1v) is 7.27. The number of anilines is 1. The predicted molar refractivity (Wildman–Crippen MR) is 72.6 cm³/mol. The monoisotopic (exact) mass is 267 g/mol. The Morgan fingerprint density at radius 3 is 2.50 bits per heavy atom. The van der Waals surface area contributed by atoms with Gasteiger partial charge in [0.25, 0.3) is 0 Å². The fourth-order valence-corrected chi connectivity index (χ4v) is 3.04. The van der Waals surface area contributed by atoms with E-state index in [-0.39, 0.29) is 5.84 Å². The van der Waals surface area contributed by atoms with Crippen LogP contribution in [0.3, 0.4) is 0 Å². The molecule has 7 heteroatoms. The Labute approximate surface area is 109 Å². The summed E-state index contributed by atoms with van der Waals surface area (Å²) in [6.07, 6.45) is 0. The number of nitrogens with two attached hydrogens (primary N) is 1. The van der Waals surface area contributed by atoms with E-state index in [2.05, 4.69) is 10.2 Å². The average molecular weight is 267 g/mol. The smallest absolute Gasteiger partial charge is 0.162 e. The van der Waals surface area contributed by atoms with Gasteiger partial charge in [0, 0.05) is 35.4 Å². The van der Waals surface area contributed by atoms with E-state index in [1.54, 1.807) is 0 Å². The van der Waals surface area contributed by atoms with Gasteiger partial charge in [-0.15, -0.1) is 5.10 Å². The molecule has 0 radical (unpaired) electrons. The minimum absolute atomic E-state index is 0.00666. The largest absolute Gasteiger partial charge is 0.384 e. The number of nitrogens with zero attached hydrogens (tertiary/aromatic N) is 3. The molecule has 0 amide bonds. The van der Waals surface area contributed by atoms with Crippen molar-refractivity contribution in [3.8, 4) is 0 Å². The maximum absolute atomic E-state index is 11.4. The second-order valence-electron chi connectivity index (χ2n) is 4.36. The molecule has 1 fully saturated rings. The summed E-state index contributed by atoms with van der Waals surface area (Å²) in [6.45, 7) is 5.09. The summed E-state index contributed by atoms with van der Waals surface area (Å²) < 4.78 is 11.4. The summed E-state index contributed by atoms with van der Waals surface area (Å²) in [5.41, 5.74) is 7.97. The van der Waals surface area contributed by atoms with Crippen molar-refractivity contribution in [2.45, 2.75) is 13.8 Å². The van der Waals surface area contributed by atoms with E-state index < -0.39 is 10.8 Å². The molecule has 0 unspecified atom stereocenters. The molecule has 0 spiro atoms. The molecule has 3 N–H and O–H groups in total. The predicted octanol–water partition coefficient (Wildman–Crippen LogP) is -0.0538. The van der Waals surface area contributed by atoms with Crippen LogP contribution in [0.5, 0.6) is 0 Å². The van der Waals surface area contributed by atoms with Crippen LogP contribution in [0, 0.1) is 19.3 Å². The normalized spacial score (nSPS) is 16.9. The van der Waals surface area contributed by atoms with E-state index >= 15 is 0 Å². The Balaban J connectivity index is 2.41. The van der Waals surface area contributed by atoms with E-state index in [0.29, 0.717) is 36.0 Å². The van der Waals surface area contributed by atoms with Gasteiger partial charge in [0.15, 0.2) is 5.82 Å². The highest BCUT2D eigenvalue weighted by atomic mass is 32.2. The van der Waals surface area contributed by atoms with Gasteiger partial charge in [-0.1, -0.05) is 0 Å². The topological polar surface area (TPSA) is 96.0 Å². The van der Waals surface area contributed by atoms with Crippen LogP contribution >= 0.6 is 0 Å². The molecule has 1 aliphatic rings. The highest BCUT2D eigenvalue weighted by molar-refractivity contribution is 7.85. The quantitative estimate of drug-likeness (QED) is 0.578. The molecule has 0 aromatic carbocycles. The van der Waals surface area contributed by atoms with Gasteiger partial charge in [0.1, 0.15) is 5.84 Å². The zero-order valence-electron chi connectivity index (χ0n) is 10.6. The van der Waals surface area contributed by atoms with Gasteiger partial charge >= 0.3 is 0 Å².